The van der Waals surface area contributed by atoms with Gasteiger partial charge >= 0.3 is 0 Å². The summed E-state index contributed by atoms with van der Waals surface area (Å²) in [6.07, 6.45) is 5.43. The molecule has 3 N–H and O–H groups in total. The van der Waals surface area contributed by atoms with Crippen molar-refractivity contribution in [3.8, 4) is 0 Å². The third-order valence-corrected chi connectivity index (χ3v) is 3.92. The Balaban J connectivity index is 2.16. The van der Waals surface area contributed by atoms with Crippen molar-refractivity contribution < 1.29 is 19.6 Å². The minimum atomic E-state index is -0.757. The van der Waals surface area contributed by atoms with Crippen LogP contribution in [0.25, 0.3) is 0 Å². The number of nitrogens with one attached hydrogen (secondary N) is 2. The van der Waals surface area contributed by atoms with Crippen LogP contribution in [0, 0.1) is 0 Å². The van der Waals surface area contributed by atoms with Gasteiger partial charge in [-0.25, -0.2) is 5.48 Å². The van der Waals surface area contributed by atoms with E-state index in [1.807, 2.05) is 0 Å². The highest BCUT2D eigenvalue weighted by Gasteiger charge is 2.46. The molecule has 2 aliphatic rings. The number of piperazine rings is 1. The van der Waals surface area contributed by atoms with Gasteiger partial charge in [-0.05, 0) is 12.8 Å². The van der Waals surface area contributed by atoms with Crippen molar-refractivity contribution in [2.45, 2.75) is 44.1 Å². The van der Waals surface area contributed by atoms with Crippen LogP contribution in [0.15, 0.2) is 0 Å². The average Bonchev–Trinajstić information content (AvgIpc) is 2.66. The standard InChI is InChI=1S/C12H19N3O4/c16-9(14-19)8-15-10(17)7-13-12(11(15)18)5-3-1-2-4-6-12/h13,19H,1-8H2,(H,14,16). The van der Waals surface area contributed by atoms with Gasteiger partial charge in [0, 0.05) is 0 Å². The minimum absolute atomic E-state index is 0.0600. The van der Waals surface area contributed by atoms with E-state index in [2.05, 4.69) is 5.32 Å². The quantitative estimate of drug-likeness (QED) is 0.358. The van der Waals surface area contributed by atoms with Gasteiger partial charge in [-0.15, -0.1) is 0 Å². The largest absolute Gasteiger partial charge is 0.295 e. The van der Waals surface area contributed by atoms with Crippen LogP contribution in [-0.4, -0.2) is 46.5 Å². The van der Waals surface area contributed by atoms with E-state index in [-0.39, 0.29) is 12.5 Å². The van der Waals surface area contributed by atoms with Crippen LogP contribution in [0.5, 0.6) is 0 Å². The van der Waals surface area contributed by atoms with Crippen molar-refractivity contribution in [2.24, 2.45) is 0 Å². The van der Waals surface area contributed by atoms with Crippen molar-refractivity contribution >= 4 is 17.7 Å². The van der Waals surface area contributed by atoms with E-state index in [0.717, 1.165) is 30.6 Å². The molecule has 7 nitrogen and oxygen atoms in total. The van der Waals surface area contributed by atoms with Crippen molar-refractivity contribution in [1.82, 2.24) is 15.7 Å². The van der Waals surface area contributed by atoms with Crippen LogP contribution in [-0.2, 0) is 14.4 Å². The number of nitrogens with zero attached hydrogens (tertiary/aromatic N) is 1. The first-order valence-corrected chi connectivity index (χ1v) is 6.62. The highest BCUT2D eigenvalue weighted by Crippen LogP contribution is 2.30. The van der Waals surface area contributed by atoms with Gasteiger partial charge in [0.1, 0.15) is 6.54 Å². The Hall–Kier alpha value is -1.47. The summed E-state index contributed by atoms with van der Waals surface area (Å²) < 4.78 is 0. The number of hydroxylamine groups is 1. The molecule has 0 bridgehead atoms. The summed E-state index contributed by atoms with van der Waals surface area (Å²) in [6.45, 7) is -0.359. The molecule has 1 aliphatic carbocycles. The van der Waals surface area contributed by atoms with Crippen LogP contribution >= 0.6 is 0 Å². The molecule has 0 aromatic carbocycles. The fraction of sp³-hybridized carbons (Fsp3) is 0.750. The number of imide groups is 1. The Kier molecular flexibility index (Phi) is 4.16. The molecule has 0 atom stereocenters. The molecular formula is C12H19N3O4. The highest BCUT2D eigenvalue weighted by atomic mass is 16.5. The third-order valence-electron chi connectivity index (χ3n) is 3.92. The van der Waals surface area contributed by atoms with E-state index in [1.54, 1.807) is 0 Å². The molecule has 106 valence electrons. The topological polar surface area (TPSA) is 98.7 Å². The number of carbonyl (C=O) groups is 3. The minimum Gasteiger partial charge on any atom is -0.295 e. The lowest BCUT2D eigenvalue weighted by Gasteiger charge is -2.40. The van der Waals surface area contributed by atoms with Gasteiger partial charge in [-0.3, -0.25) is 29.8 Å². The molecule has 0 radical (unpaired) electrons. The first-order chi connectivity index (χ1) is 9.09. The molecular weight excluding hydrogens is 250 g/mol. The molecule has 0 aromatic rings. The van der Waals surface area contributed by atoms with Crippen molar-refractivity contribution in [1.29, 1.82) is 0 Å². The van der Waals surface area contributed by atoms with Gasteiger partial charge in [0.2, 0.25) is 11.8 Å². The molecule has 1 aliphatic heterocycles. The van der Waals surface area contributed by atoms with E-state index in [4.69, 9.17) is 5.21 Å². The molecule has 0 aromatic heterocycles. The fourth-order valence-corrected chi connectivity index (χ4v) is 2.85. The van der Waals surface area contributed by atoms with Crippen molar-refractivity contribution in [3.63, 3.8) is 0 Å². The predicted molar refractivity (Wildman–Crippen MR) is 65.1 cm³/mol. The number of carbonyl (C=O) groups excluding carboxylic acids is 3. The Morgan fingerprint density at radius 3 is 2.47 bits per heavy atom. The Morgan fingerprint density at radius 1 is 1.26 bits per heavy atom. The second-order valence-corrected chi connectivity index (χ2v) is 5.17. The van der Waals surface area contributed by atoms with Crippen LogP contribution < -0.4 is 10.8 Å². The van der Waals surface area contributed by atoms with Gasteiger partial charge in [-0.1, -0.05) is 25.7 Å². The van der Waals surface area contributed by atoms with Gasteiger partial charge in [0.05, 0.1) is 12.1 Å². The zero-order chi connectivity index (χ0) is 13.9. The number of rotatable bonds is 2. The summed E-state index contributed by atoms with van der Waals surface area (Å²) >= 11 is 0. The van der Waals surface area contributed by atoms with Crippen molar-refractivity contribution in [3.05, 3.63) is 0 Å². The van der Waals surface area contributed by atoms with E-state index < -0.39 is 23.9 Å². The maximum absolute atomic E-state index is 12.5. The van der Waals surface area contributed by atoms with Gasteiger partial charge < -0.3 is 0 Å². The maximum atomic E-state index is 12.5. The Labute approximate surface area is 111 Å². The average molecular weight is 269 g/mol. The summed E-state index contributed by atoms with van der Waals surface area (Å²) in [7, 11) is 0. The number of hydrogen-bond acceptors (Lipinski definition) is 5. The van der Waals surface area contributed by atoms with Crippen LogP contribution in [0.4, 0.5) is 0 Å². The smallest absolute Gasteiger partial charge is 0.263 e. The lowest BCUT2D eigenvalue weighted by Crippen LogP contribution is -2.67. The monoisotopic (exact) mass is 269 g/mol. The van der Waals surface area contributed by atoms with Gasteiger partial charge in [0.25, 0.3) is 5.91 Å². The molecule has 1 spiro atoms. The van der Waals surface area contributed by atoms with E-state index >= 15 is 0 Å². The molecule has 2 rings (SSSR count). The summed E-state index contributed by atoms with van der Waals surface area (Å²) in [5.41, 5.74) is 0.743. The van der Waals surface area contributed by atoms with Gasteiger partial charge in [-0.2, -0.15) is 0 Å². The summed E-state index contributed by atoms with van der Waals surface area (Å²) in [4.78, 5) is 36.4. The first kappa shape index (κ1) is 14.0. The summed E-state index contributed by atoms with van der Waals surface area (Å²) in [6, 6.07) is 0. The van der Waals surface area contributed by atoms with E-state index in [9.17, 15) is 14.4 Å². The third kappa shape index (κ3) is 2.76. The second-order valence-electron chi connectivity index (χ2n) is 5.17. The molecule has 1 saturated carbocycles. The molecule has 1 saturated heterocycles. The summed E-state index contributed by atoms with van der Waals surface area (Å²) in [5, 5.41) is 11.6. The highest BCUT2D eigenvalue weighted by molar-refractivity contribution is 6.05. The van der Waals surface area contributed by atoms with Crippen LogP contribution in [0.1, 0.15) is 38.5 Å². The lowest BCUT2D eigenvalue weighted by molar-refractivity contribution is -0.157. The molecule has 0 unspecified atom stereocenters. The molecule has 2 fully saturated rings. The lowest BCUT2D eigenvalue weighted by atomic mass is 9.86. The first-order valence-electron chi connectivity index (χ1n) is 6.62. The Bertz CT molecular complexity index is 388. The SMILES string of the molecule is O=C(CN1C(=O)CNC2(CCCCCC2)C1=O)NO. The zero-order valence-corrected chi connectivity index (χ0v) is 10.8. The Morgan fingerprint density at radius 2 is 1.89 bits per heavy atom. The molecule has 7 heteroatoms. The number of amides is 3. The predicted octanol–water partition coefficient (Wildman–Crippen LogP) is -0.457. The van der Waals surface area contributed by atoms with E-state index in [1.165, 1.54) is 5.48 Å². The van der Waals surface area contributed by atoms with Crippen LogP contribution in [0.3, 0.4) is 0 Å². The summed E-state index contributed by atoms with van der Waals surface area (Å²) in [5.74, 6) is -1.52. The maximum Gasteiger partial charge on any atom is 0.263 e. The van der Waals surface area contributed by atoms with Crippen molar-refractivity contribution in [2.75, 3.05) is 13.1 Å². The normalized spacial score (nSPS) is 23.3. The zero-order valence-electron chi connectivity index (χ0n) is 10.8. The molecule has 3 amide bonds. The molecule has 1 heterocycles. The van der Waals surface area contributed by atoms with Gasteiger partial charge in [0.15, 0.2) is 0 Å². The molecule has 19 heavy (non-hydrogen) atoms. The van der Waals surface area contributed by atoms with E-state index in [0.29, 0.717) is 12.8 Å². The second kappa shape index (κ2) is 5.66. The van der Waals surface area contributed by atoms with Crippen LogP contribution in [0.2, 0.25) is 0 Å². The fourth-order valence-electron chi connectivity index (χ4n) is 2.85. The number of hydrogen-bond donors (Lipinski definition) is 3.